The summed E-state index contributed by atoms with van der Waals surface area (Å²) >= 11 is 3.37. The third-order valence-electron chi connectivity index (χ3n) is 3.21. The molecule has 1 aromatic rings. The Kier molecular flexibility index (Phi) is 4.72. The molecule has 0 amide bonds. The van der Waals surface area contributed by atoms with Gasteiger partial charge in [-0.3, -0.25) is 9.88 Å². The van der Waals surface area contributed by atoms with Gasteiger partial charge in [0, 0.05) is 49.8 Å². The van der Waals surface area contributed by atoms with Gasteiger partial charge in [-0.25, -0.2) is 0 Å². The Balaban J connectivity index is 1.87. The number of aromatic nitrogens is 1. The summed E-state index contributed by atoms with van der Waals surface area (Å²) in [5, 5.41) is 10.4. The molecule has 18 heavy (non-hydrogen) atoms. The van der Waals surface area contributed by atoms with E-state index in [-0.39, 0.29) is 0 Å². The molecule has 0 aliphatic carbocycles. The van der Waals surface area contributed by atoms with E-state index in [1.165, 1.54) is 0 Å². The van der Waals surface area contributed by atoms with Gasteiger partial charge in [0.15, 0.2) is 0 Å². The van der Waals surface area contributed by atoms with Gasteiger partial charge in [-0.1, -0.05) is 0 Å². The van der Waals surface area contributed by atoms with E-state index in [9.17, 15) is 5.11 Å². The van der Waals surface area contributed by atoms with Gasteiger partial charge >= 0.3 is 0 Å². The molecule has 0 saturated carbocycles. The number of pyridine rings is 1. The average Bonchev–Trinajstić information content (AvgIpc) is 2.32. The van der Waals surface area contributed by atoms with Crippen molar-refractivity contribution < 1.29 is 9.84 Å². The lowest BCUT2D eigenvalue weighted by molar-refractivity contribution is -0.0778. The highest BCUT2D eigenvalue weighted by Gasteiger charge is 2.30. The molecule has 5 heteroatoms. The molecule has 0 atom stereocenters. The first-order chi connectivity index (χ1) is 8.57. The molecule has 0 spiro atoms. The van der Waals surface area contributed by atoms with Crippen molar-refractivity contribution in [1.82, 2.24) is 9.88 Å². The van der Waals surface area contributed by atoms with Gasteiger partial charge in [0.1, 0.15) is 0 Å². The molecule has 1 aliphatic heterocycles. The highest BCUT2D eigenvalue weighted by atomic mass is 79.9. The van der Waals surface area contributed by atoms with E-state index in [1.807, 2.05) is 19.2 Å². The molecule has 1 aliphatic rings. The van der Waals surface area contributed by atoms with Gasteiger partial charge in [-0.15, -0.1) is 0 Å². The molecule has 1 N–H and O–H groups in total. The molecule has 0 aromatic carbocycles. The Hall–Kier alpha value is -0.490. The van der Waals surface area contributed by atoms with Crippen LogP contribution in [0.4, 0.5) is 0 Å². The monoisotopic (exact) mass is 314 g/mol. The van der Waals surface area contributed by atoms with Crippen molar-refractivity contribution in [3.63, 3.8) is 0 Å². The highest BCUT2D eigenvalue weighted by molar-refractivity contribution is 9.10. The predicted octanol–water partition coefficient (Wildman–Crippen LogP) is 1.82. The molecule has 0 bridgehead atoms. The number of hydrogen-bond donors (Lipinski definition) is 1. The summed E-state index contributed by atoms with van der Waals surface area (Å²) in [5.74, 6) is 0. The number of likely N-dealkylation sites (N-methyl/N-ethyl adjacent to an activating group) is 1. The molecule has 4 nitrogen and oxygen atoms in total. The Morgan fingerprint density at radius 1 is 1.44 bits per heavy atom. The van der Waals surface area contributed by atoms with E-state index < -0.39 is 5.60 Å². The van der Waals surface area contributed by atoms with Gasteiger partial charge in [0.2, 0.25) is 0 Å². The molecule has 1 aromatic heterocycles. The zero-order valence-electron chi connectivity index (χ0n) is 10.6. The van der Waals surface area contributed by atoms with E-state index in [1.54, 1.807) is 6.20 Å². The minimum Gasteiger partial charge on any atom is -0.388 e. The molecule has 1 fully saturated rings. The van der Waals surface area contributed by atoms with Gasteiger partial charge in [0.05, 0.1) is 11.3 Å². The maximum absolute atomic E-state index is 10.4. The number of ether oxygens (including phenoxy) is 1. The molecule has 0 unspecified atom stereocenters. The van der Waals surface area contributed by atoms with Crippen molar-refractivity contribution in [2.45, 2.75) is 25.0 Å². The van der Waals surface area contributed by atoms with E-state index in [0.29, 0.717) is 32.6 Å². The summed E-state index contributed by atoms with van der Waals surface area (Å²) in [6.45, 7) is 2.71. The van der Waals surface area contributed by atoms with Gasteiger partial charge < -0.3 is 9.84 Å². The van der Waals surface area contributed by atoms with Crippen LogP contribution in [-0.2, 0) is 11.3 Å². The minimum atomic E-state index is -0.609. The molecule has 100 valence electrons. The minimum absolute atomic E-state index is 0.609. The molecule has 1 saturated heterocycles. The largest absolute Gasteiger partial charge is 0.388 e. The zero-order chi connectivity index (χ0) is 13.0. The molecular weight excluding hydrogens is 296 g/mol. The SMILES string of the molecule is CN(Cc1ccc(Br)cn1)CC1(O)CCOCC1. The topological polar surface area (TPSA) is 45.6 Å². The fourth-order valence-corrected chi connectivity index (χ4v) is 2.48. The van der Waals surface area contributed by atoms with Crippen LogP contribution >= 0.6 is 15.9 Å². The van der Waals surface area contributed by atoms with Crippen LogP contribution < -0.4 is 0 Å². The molecule has 0 radical (unpaired) electrons. The van der Waals surface area contributed by atoms with Crippen LogP contribution in [0.15, 0.2) is 22.8 Å². The second-order valence-electron chi connectivity index (χ2n) is 4.98. The quantitative estimate of drug-likeness (QED) is 0.921. The van der Waals surface area contributed by atoms with Crippen molar-refractivity contribution in [1.29, 1.82) is 0 Å². The van der Waals surface area contributed by atoms with Crippen molar-refractivity contribution in [2.75, 3.05) is 26.8 Å². The third-order valence-corrected chi connectivity index (χ3v) is 3.68. The third kappa shape index (κ3) is 4.02. The van der Waals surface area contributed by atoms with Gasteiger partial charge in [-0.05, 0) is 35.1 Å². The summed E-state index contributed by atoms with van der Waals surface area (Å²) in [4.78, 5) is 6.45. The number of aliphatic hydroxyl groups is 1. The van der Waals surface area contributed by atoms with Crippen molar-refractivity contribution in [3.05, 3.63) is 28.5 Å². The summed E-state index contributed by atoms with van der Waals surface area (Å²) < 4.78 is 6.27. The Morgan fingerprint density at radius 2 is 2.17 bits per heavy atom. The molecule has 2 heterocycles. The van der Waals surface area contributed by atoms with Crippen molar-refractivity contribution in [2.24, 2.45) is 0 Å². The normalized spacial score (nSPS) is 19.1. The van der Waals surface area contributed by atoms with Crippen LogP contribution in [0, 0.1) is 0 Å². The van der Waals surface area contributed by atoms with Crippen LogP contribution in [0.25, 0.3) is 0 Å². The maximum Gasteiger partial charge on any atom is 0.0817 e. The fourth-order valence-electron chi connectivity index (χ4n) is 2.24. The average molecular weight is 315 g/mol. The first-order valence-electron chi connectivity index (χ1n) is 6.16. The molecular formula is C13H19BrN2O2. The highest BCUT2D eigenvalue weighted by Crippen LogP contribution is 2.21. The summed E-state index contributed by atoms with van der Waals surface area (Å²) in [5.41, 5.74) is 0.402. The van der Waals surface area contributed by atoms with E-state index >= 15 is 0 Å². The number of halogens is 1. The van der Waals surface area contributed by atoms with Crippen LogP contribution in [-0.4, -0.2) is 47.4 Å². The van der Waals surface area contributed by atoms with Gasteiger partial charge in [-0.2, -0.15) is 0 Å². The summed E-state index contributed by atoms with van der Waals surface area (Å²) in [7, 11) is 2.01. The Morgan fingerprint density at radius 3 is 2.78 bits per heavy atom. The summed E-state index contributed by atoms with van der Waals surface area (Å²) in [6.07, 6.45) is 3.22. The van der Waals surface area contributed by atoms with Crippen LogP contribution in [0.1, 0.15) is 18.5 Å². The lowest BCUT2D eigenvalue weighted by atomic mass is 9.94. The lowest BCUT2D eigenvalue weighted by Gasteiger charge is -2.35. The van der Waals surface area contributed by atoms with Crippen LogP contribution in [0.2, 0.25) is 0 Å². The van der Waals surface area contributed by atoms with E-state index in [4.69, 9.17) is 4.74 Å². The second kappa shape index (κ2) is 6.10. The maximum atomic E-state index is 10.4. The lowest BCUT2D eigenvalue weighted by Crippen LogP contribution is -2.45. The van der Waals surface area contributed by atoms with Crippen LogP contribution in [0.3, 0.4) is 0 Å². The Bertz CT molecular complexity index is 377. The number of nitrogens with zero attached hydrogens (tertiary/aromatic N) is 2. The fraction of sp³-hybridized carbons (Fsp3) is 0.615. The number of rotatable bonds is 4. The van der Waals surface area contributed by atoms with Crippen LogP contribution in [0.5, 0.6) is 0 Å². The van der Waals surface area contributed by atoms with Crippen molar-refractivity contribution in [3.8, 4) is 0 Å². The zero-order valence-corrected chi connectivity index (χ0v) is 12.2. The number of hydrogen-bond acceptors (Lipinski definition) is 4. The predicted molar refractivity (Wildman–Crippen MR) is 73.3 cm³/mol. The van der Waals surface area contributed by atoms with Gasteiger partial charge in [0.25, 0.3) is 0 Å². The summed E-state index contributed by atoms with van der Waals surface area (Å²) in [6, 6.07) is 3.98. The molecule has 2 rings (SSSR count). The first-order valence-corrected chi connectivity index (χ1v) is 6.96. The smallest absolute Gasteiger partial charge is 0.0817 e. The standard InChI is InChI=1S/C13H19BrN2O2/c1-16(9-12-3-2-11(14)8-15-12)10-13(17)4-6-18-7-5-13/h2-3,8,17H,4-7,9-10H2,1H3. The Labute approximate surface area is 116 Å². The van der Waals surface area contributed by atoms with Crippen molar-refractivity contribution >= 4 is 15.9 Å². The second-order valence-corrected chi connectivity index (χ2v) is 5.89. The van der Waals surface area contributed by atoms with E-state index in [0.717, 1.165) is 16.7 Å². The van der Waals surface area contributed by atoms with E-state index in [2.05, 4.69) is 25.8 Å². The first kappa shape index (κ1) is 13.9.